The molecule has 1 heterocycles. The van der Waals surface area contributed by atoms with E-state index in [4.69, 9.17) is 22.3 Å². The number of nitrogens with two attached hydrogens (primary N) is 1. The van der Waals surface area contributed by atoms with Crippen LogP contribution in [0.2, 0.25) is 5.02 Å². The minimum atomic E-state index is -0.205. The van der Waals surface area contributed by atoms with Gasteiger partial charge in [0, 0.05) is 17.4 Å². The Bertz CT molecular complexity index is 819. The Morgan fingerprint density at radius 3 is 2.33 bits per heavy atom. The lowest BCUT2D eigenvalue weighted by Crippen LogP contribution is -2.50. The van der Waals surface area contributed by atoms with E-state index in [1.54, 1.807) is 0 Å². The number of halogens is 1. The van der Waals surface area contributed by atoms with Crippen molar-refractivity contribution in [3.8, 4) is 0 Å². The molecule has 6 rings (SSSR count). The van der Waals surface area contributed by atoms with E-state index >= 15 is 0 Å². The van der Waals surface area contributed by atoms with E-state index in [1.807, 2.05) is 12.1 Å². The molecule has 0 aromatic heterocycles. The van der Waals surface area contributed by atoms with Gasteiger partial charge in [-0.15, -0.1) is 0 Å². The number of aliphatic imine (C=N–C) groups is 1. The zero-order valence-corrected chi connectivity index (χ0v) is 17.1. The molecule has 0 radical (unpaired) electrons. The second-order valence-electron chi connectivity index (χ2n) is 10.4. The van der Waals surface area contributed by atoms with E-state index in [0.29, 0.717) is 22.9 Å². The number of hydrogen-bond donors (Lipinski definition) is 1. The van der Waals surface area contributed by atoms with Crippen LogP contribution >= 0.6 is 11.6 Å². The average molecular weight is 385 g/mol. The Hall–Kier alpha value is -1.35. The van der Waals surface area contributed by atoms with Crippen LogP contribution in [0, 0.1) is 23.2 Å². The van der Waals surface area contributed by atoms with E-state index in [-0.39, 0.29) is 11.0 Å². The van der Waals surface area contributed by atoms with Gasteiger partial charge in [0.05, 0.1) is 22.0 Å². The largest absolute Gasteiger partial charge is 0.398 e. The van der Waals surface area contributed by atoms with Gasteiger partial charge in [-0.25, -0.2) is 0 Å². The van der Waals surface area contributed by atoms with E-state index in [9.17, 15) is 4.79 Å². The van der Waals surface area contributed by atoms with E-state index in [0.717, 1.165) is 54.7 Å². The summed E-state index contributed by atoms with van der Waals surface area (Å²) in [5.41, 5.74) is 9.50. The second kappa shape index (κ2) is 5.83. The molecule has 144 valence electrons. The first-order valence-electron chi connectivity index (χ1n) is 10.4. The number of ketones is 1. The van der Waals surface area contributed by atoms with Crippen molar-refractivity contribution in [2.75, 3.05) is 5.73 Å². The summed E-state index contributed by atoms with van der Waals surface area (Å²) in [6.07, 6.45) is 8.70. The summed E-state index contributed by atoms with van der Waals surface area (Å²) < 4.78 is 0. The number of nitrogens with zero attached hydrogens (tertiary/aromatic N) is 1. The van der Waals surface area contributed by atoms with Gasteiger partial charge >= 0.3 is 0 Å². The number of anilines is 1. The summed E-state index contributed by atoms with van der Waals surface area (Å²) in [6.45, 7) is 4.27. The maximum absolute atomic E-state index is 13.6. The molecule has 4 aliphatic carbocycles. The average Bonchev–Trinajstić information content (AvgIpc) is 2.54. The van der Waals surface area contributed by atoms with Crippen LogP contribution in [0.4, 0.5) is 5.69 Å². The molecule has 1 aliphatic heterocycles. The molecule has 2 N–H and O–H groups in total. The quantitative estimate of drug-likeness (QED) is 0.726. The third-order valence-corrected chi connectivity index (χ3v) is 7.88. The number of hydrogen-bond acceptors (Lipinski definition) is 3. The van der Waals surface area contributed by atoms with Crippen LogP contribution in [0.15, 0.2) is 17.1 Å². The number of fused-ring (bicyclic) bond motifs is 1. The second-order valence-corrected chi connectivity index (χ2v) is 10.8. The van der Waals surface area contributed by atoms with Crippen LogP contribution in [0.5, 0.6) is 0 Å². The van der Waals surface area contributed by atoms with Crippen LogP contribution in [0.25, 0.3) is 0 Å². The van der Waals surface area contributed by atoms with Crippen molar-refractivity contribution in [3.05, 3.63) is 28.3 Å². The monoisotopic (exact) mass is 384 g/mol. The summed E-state index contributed by atoms with van der Waals surface area (Å²) >= 11 is 6.27. The fraction of sp³-hybridized carbons (Fsp3) is 0.652. The topological polar surface area (TPSA) is 55.5 Å². The molecule has 4 heteroatoms. The van der Waals surface area contributed by atoms with Crippen molar-refractivity contribution in [2.45, 2.75) is 70.8 Å². The minimum absolute atomic E-state index is 0.0724. The van der Waals surface area contributed by atoms with E-state index in [2.05, 4.69) is 13.8 Å². The van der Waals surface area contributed by atoms with Crippen molar-refractivity contribution in [2.24, 2.45) is 28.2 Å². The van der Waals surface area contributed by atoms with E-state index < -0.39 is 0 Å². The highest BCUT2D eigenvalue weighted by Crippen LogP contribution is 2.60. The summed E-state index contributed by atoms with van der Waals surface area (Å²) in [4.78, 5) is 18.6. The Balaban J connectivity index is 1.47. The lowest BCUT2D eigenvalue weighted by Gasteiger charge is -2.56. The fourth-order valence-electron chi connectivity index (χ4n) is 6.90. The summed E-state index contributed by atoms with van der Waals surface area (Å²) in [7, 11) is 0. The first kappa shape index (κ1) is 17.7. The van der Waals surface area contributed by atoms with Gasteiger partial charge < -0.3 is 5.73 Å². The minimum Gasteiger partial charge on any atom is -0.398 e. The zero-order valence-electron chi connectivity index (χ0n) is 16.4. The number of Topliss-reactive ketones (excluding diaryl/α,β-unsaturated/α-hetero) is 1. The van der Waals surface area contributed by atoms with Crippen molar-refractivity contribution in [1.29, 1.82) is 0 Å². The van der Waals surface area contributed by atoms with Crippen LogP contribution in [-0.4, -0.2) is 17.0 Å². The highest BCUT2D eigenvalue weighted by Gasteiger charge is 2.54. The third-order valence-electron chi connectivity index (χ3n) is 7.55. The molecule has 4 saturated carbocycles. The lowest BCUT2D eigenvalue weighted by molar-refractivity contribution is -0.142. The first-order chi connectivity index (χ1) is 12.7. The Kier molecular flexibility index (Phi) is 3.82. The molecule has 1 aromatic rings. The van der Waals surface area contributed by atoms with Crippen LogP contribution in [0.1, 0.15) is 69.9 Å². The molecule has 0 atom stereocenters. The number of rotatable bonds is 3. The molecular formula is C23H29ClN2O. The molecular weight excluding hydrogens is 356 g/mol. The van der Waals surface area contributed by atoms with Crippen molar-refractivity contribution >= 4 is 28.8 Å². The first-order valence-corrected chi connectivity index (χ1v) is 10.8. The lowest BCUT2D eigenvalue weighted by atomic mass is 9.48. The molecule has 5 aliphatic rings. The van der Waals surface area contributed by atoms with Gasteiger partial charge in [0.1, 0.15) is 5.78 Å². The highest BCUT2D eigenvalue weighted by atomic mass is 35.5. The van der Waals surface area contributed by atoms with Gasteiger partial charge in [-0.1, -0.05) is 11.6 Å². The molecule has 4 bridgehead atoms. The van der Waals surface area contributed by atoms with Crippen molar-refractivity contribution < 1.29 is 4.79 Å². The molecule has 27 heavy (non-hydrogen) atoms. The molecule has 0 unspecified atom stereocenters. The number of nitrogen functional groups attached to an aromatic ring is 1. The van der Waals surface area contributed by atoms with Gasteiger partial charge in [-0.05, 0) is 94.2 Å². The smallest absolute Gasteiger partial charge is 0.145 e. The Morgan fingerprint density at radius 2 is 1.74 bits per heavy atom. The van der Waals surface area contributed by atoms with Gasteiger partial charge in [0.2, 0.25) is 0 Å². The maximum atomic E-state index is 13.6. The summed E-state index contributed by atoms with van der Waals surface area (Å²) in [5.74, 6) is 2.78. The van der Waals surface area contributed by atoms with Crippen LogP contribution < -0.4 is 5.73 Å². The molecule has 1 aromatic carbocycles. The van der Waals surface area contributed by atoms with E-state index in [1.165, 1.54) is 24.8 Å². The maximum Gasteiger partial charge on any atom is 0.145 e. The number of benzene rings is 1. The van der Waals surface area contributed by atoms with Crippen LogP contribution in [0.3, 0.4) is 0 Å². The van der Waals surface area contributed by atoms with Gasteiger partial charge in [0.25, 0.3) is 0 Å². The summed E-state index contributed by atoms with van der Waals surface area (Å²) in [6, 6.07) is 3.90. The predicted molar refractivity (Wildman–Crippen MR) is 110 cm³/mol. The number of carbonyl (C=O) groups excluding carboxylic acids is 1. The molecule has 3 nitrogen and oxygen atoms in total. The Morgan fingerprint density at radius 1 is 1.15 bits per heavy atom. The molecule has 0 amide bonds. The third kappa shape index (κ3) is 2.93. The van der Waals surface area contributed by atoms with Gasteiger partial charge in [0.15, 0.2) is 0 Å². The molecule has 0 spiro atoms. The predicted octanol–water partition coefficient (Wildman–Crippen LogP) is 5.22. The SMILES string of the molecule is CC1(C)Cc2cc(Cl)c(N)cc2C(CC(=O)C23CC4CC(CC(C4)C2)C3)=N1. The number of carbonyl (C=O) groups is 1. The van der Waals surface area contributed by atoms with Gasteiger partial charge in [-0.2, -0.15) is 0 Å². The fourth-order valence-corrected chi connectivity index (χ4v) is 7.09. The molecule has 4 fully saturated rings. The highest BCUT2D eigenvalue weighted by molar-refractivity contribution is 6.33. The Labute approximate surface area is 166 Å². The molecule has 0 saturated heterocycles. The standard InChI is InChI=1S/C23H29ClN2O/c1-22(2)12-16-6-18(24)19(25)7-17(16)20(26-22)8-21(27)23-9-13-3-14(10-23)5-15(4-13)11-23/h6-7,13-15H,3-5,8-12,25H2,1-2H3. The van der Waals surface area contributed by atoms with Gasteiger partial charge in [-0.3, -0.25) is 9.79 Å². The summed E-state index contributed by atoms with van der Waals surface area (Å²) in [5, 5.41) is 0.596. The van der Waals surface area contributed by atoms with Crippen molar-refractivity contribution in [1.82, 2.24) is 0 Å². The zero-order chi connectivity index (χ0) is 19.0. The van der Waals surface area contributed by atoms with Crippen molar-refractivity contribution in [3.63, 3.8) is 0 Å². The van der Waals surface area contributed by atoms with Crippen LogP contribution in [-0.2, 0) is 11.2 Å². The normalized spacial score (nSPS) is 35.7.